The topological polar surface area (TPSA) is 42.0 Å². The quantitative estimate of drug-likeness (QED) is 0.870. The number of amides is 1. The maximum absolute atomic E-state index is 12.3. The summed E-state index contributed by atoms with van der Waals surface area (Å²) in [6, 6.07) is 13.2. The van der Waals surface area contributed by atoms with E-state index in [1.807, 2.05) is 44.2 Å². The molecule has 1 aromatic carbocycles. The molecular formula is C16H17ClN2O. The van der Waals surface area contributed by atoms with Crippen molar-refractivity contribution in [3.05, 3.63) is 64.4 Å². The normalized spacial score (nSPS) is 11.9. The van der Waals surface area contributed by atoms with Gasteiger partial charge in [-0.25, -0.2) is 4.98 Å². The van der Waals surface area contributed by atoms with Gasteiger partial charge in [0.1, 0.15) is 5.15 Å². The third-order valence-corrected chi connectivity index (χ3v) is 3.31. The van der Waals surface area contributed by atoms with Gasteiger partial charge in [-0.05, 0) is 31.0 Å². The molecule has 0 aliphatic carbocycles. The Hall–Kier alpha value is -1.87. The molecule has 1 atom stereocenters. The Morgan fingerprint density at radius 3 is 2.65 bits per heavy atom. The predicted octanol–water partition coefficient (Wildman–Crippen LogP) is 3.79. The molecule has 0 saturated heterocycles. The zero-order chi connectivity index (χ0) is 14.5. The van der Waals surface area contributed by atoms with E-state index in [1.165, 1.54) is 0 Å². The van der Waals surface area contributed by atoms with Gasteiger partial charge in [0.2, 0.25) is 0 Å². The summed E-state index contributed by atoms with van der Waals surface area (Å²) < 4.78 is 0. The fraction of sp³-hybridized carbons (Fsp3) is 0.250. The molecule has 0 aliphatic heterocycles. The number of rotatable bonds is 4. The van der Waals surface area contributed by atoms with Gasteiger partial charge in [0.05, 0.1) is 6.04 Å². The number of hydrogen-bond acceptors (Lipinski definition) is 2. The highest BCUT2D eigenvalue weighted by Gasteiger charge is 2.12. The molecule has 0 saturated carbocycles. The lowest BCUT2D eigenvalue weighted by Crippen LogP contribution is -2.26. The van der Waals surface area contributed by atoms with Crippen molar-refractivity contribution in [2.24, 2.45) is 0 Å². The van der Waals surface area contributed by atoms with Gasteiger partial charge in [-0.2, -0.15) is 0 Å². The second kappa shape index (κ2) is 6.53. The van der Waals surface area contributed by atoms with Crippen LogP contribution in [0.5, 0.6) is 0 Å². The van der Waals surface area contributed by atoms with E-state index in [2.05, 4.69) is 10.3 Å². The number of halogens is 1. The summed E-state index contributed by atoms with van der Waals surface area (Å²) in [7, 11) is 0. The summed E-state index contributed by atoms with van der Waals surface area (Å²) in [6.45, 7) is 3.93. The van der Waals surface area contributed by atoms with Crippen LogP contribution in [0.2, 0.25) is 5.15 Å². The Bertz CT molecular complexity index is 599. The summed E-state index contributed by atoms with van der Waals surface area (Å²) in [4.78, 5) is 16.4. The van der Waals surface area contributed by atoms with E-state index >= 15 is 0 Å². The van der Waals surface area contributed by atoms with E-state index in [4.69, 9.17) is 11.6 Å². The Morgan fingerprint density at radius 2 is 2.00 bits per heavy atom. The van der Waals surface area contributed by atoms with Crippen LogP contribution in [0, 0.1) is 0 Å². The number of benzene rings is 1. The van der Waals surface area contributed by atoms with E-state index < -0.39 is 0 Å². The minimum atomic E-state index is -0.139. The maximum Gasteiger partial charge on any atom is 0.251 e. The summed E-state index contributed by atoms with van der Waals surface area (Å²) in [5.41, 5.74) is 2.43. The van der Waals surface area contributed by atoms with Crippen molar-refractivity contribution < 1.29 is 4.79 Å². The Labute approximate surface area is 124 Å². The molecule has 4 heteroatoms. The van der Waals surface area contributed by atoms with Crippen molar-refractivity contribution in [2.75, 3.05) is 0 Å². The highest BCUT2D eigenvalue weighted by molar-refractivity contribution is 6.29. The van der Waals surface area contributed by atoms with Crippen LogP contribution >= 0.6 is 11.6 Å². The van der Waals surface area contributed by atoms with Gasteiger partial charge in [-0.3, -0.25) is 4.79 Å². The smallest absolute Gasteiger partial charge is 0.251 e. The molecule has 0 radical (unpaired) electrons. The number of hydrogen-bond donors (Lipinski definition) is 1. The highest BCUT2D eigenvalue weighted by Crippen LogP contribution is 2.15. The standard InChI is InChI=1S/C16H17ClN2O/c1-3-14-9-13(10-15(17)19-14)16(20)18-11(2)12-7-5-4-6-8-12/h4-11H,3H2,1-2H3,(H,18,20)/t11-/m1/s1. The molecule has 1 aromatic heterocycles. The van der Waals surface area contributed by atoms with E-state index in [0.717, 1.165) is 17.7 Å². The van der Waals surface area contributed by atoms with Crippen molar-refractivity contribution in [3.63, 3.8) is 0 Å². The molecule has 104 valence electrons. The summed E-state index contributed by atoms with van der Waals surface area (Å²) >= 11 is 5.94. The molecule has 0 unspecified atom stereocenters. The number of aryl methyl sites for hydroxylation is 1. The first-order valence-corrected chi connectivity index (χ1v) is 7.00. The van der Waals surface area contributed by atoms with Crippen LogP contribution in [0.25, 0.3) is 0 Å². The van der Waals surface area contributed by atoms with E-state index in [1.54, 1.807) is 12.1 Å². The minimum absolute atomic E-state index is 0.0549. The molecule has 2 aromatic rings. The van der Waals surface area contributed by atoms with Gasteiger partial charge in [0.25, 0.3) is 5.91 Å². The summed E-state index contributed by atoms with van der Waals surface area (Å²) in [6.07, 6.45) is 0.745. The number of carbonyl (C=O) groups excluding carboxylic acids is 1. The molecule has 20 heavy (non-hydrogen) atoms. The molecule has 0 fully saturated rings. The van der Waals surface area contributed by atoms with Crippen LogP contribution in [0.3, 0.4) is 0 Å². The first kappa shape index (κ1) is 14.5. The van der Waals surface area contributed by atoms with E-state index in [9.17, 15) is 4.79 Å². The van der Waals surface area contributed by atoms with Gasteiger partial charge < -0.3 is 5.32 Å². The molecule has 1 heterocycles. The van der Waals surface area contributed by atoms with Crippen LogP contribution < -0.4 is 5.32 Å². The zero-order valence-electron chi connectivity index (χ0n) is 11.6. The van der Waals surface area contributed by atoms with Crippen LogP contribution in [-0.4, -0.2) is 10.9 Å². The van der Waals surface area contributed by atoms with Crippen molar-refractivity contribution in [1.29, 1.82) is 0 Å². The third-order valence-electron chi connectivity index (χ3n) is 3.12. The molecule has 1 N–H and O–H groups in total. The second-order valence-corrected chi connectivity index (χ2v) is 5.02. The fourth-order valence-corrected chi connectivity index (χ4v) is 2.19. The van der Waals surface area contributed by atoms with Gasteiger partial charge >= 0.3 is 0 Å². The SMILES string of the molecule is CCc1cc(C(=O)N[C@H](C)c2ccccc2)cc(Cl)n1. The number of nitrogens with zero attached hydrogens (tertiary/aromatic N) is 1. The Morgan fingerprint density at radius 1 is 1.30 bits per heavy atom. The average Bonchev–Trinajstić information content (AvgIpc) is 2.47. The fourth-order valence-electron chi connectivity index (χ4n) is 1.97. The Kier molecular flexibility index (Phi) is 4.74. The third kappa shape index (κ3) is 3.58. The van der Waals surface area contributed by atoms with Gasteiger partial charge in [0.15, 0.2) is 0 Å². The maximum atomic E-state index is 12.3. The van der Waals surface area contributed by atoms with Crippen molar-refractivity contribution >= 4 is 17.5 Å². The molecule has 0 aliphatic rings. The lowest BCUT2D eigenvalue weighted by molar-refractivity contribution is 0.0939. The molecule has 0 spiro atoms. The highest BCUT2D eigenvalue weighted by atomic mass is 35.5. The number of pyridine rings is 1. The van der Waals surface area contributed by atoms with E-state index in [0.29, 0.717) is 10.7 Å². The molecule has 0 bridgehead atoms. The first-order valence-electron chi connectivity index (χ1n) is 6.62. The van der Waals surface area contributed by atoms with Crippen molar-refractivity contribution in [3.8, 4) is 0 Å². The van der Waals surface area contributed by atoms with Gasteiger partial charge in [0, 0.05) is 11.3 Å². The predicted molar refractivity (Wildman–Crippen MR) is 80.9 cm³/mol. The molecule has 2 rings (SSSR count). The molecular weight excluding hydrogens is 272 g/mol. The molecule has 1 amide bonds. The van der Waals surface area contributed by atoms with Gasteiger partial charge in [-0.15, -0.1) is 0 Å². The largest absolute Gasteiger partial charge is 0.346 e. The number of carbonyl (C=O) groups is 1. The van der Waals surface area contributed by atoms with Crippen molar-refractivity contribution in [2.45, 2.75) is 26.3 Å². The minimum Gasteiger partial charge on any atom is -0.346 e. The lowest BCUT2D eigenvalue weighted by atomic mass is 10.1. The Balaban J connectivity index is 2.14. The summed E-state index contributed by atoms with van der Waals surface area (Å²) in [5, 5.41) is 3.31. The number of nitrogens with one attached hydrogen (secondary N) is 1. The van der Waals surface area contributed by atoms with E-state index in [-0.39, 0.29) is 11.9 Å². The second-order valence-electron chi connectivity index (χ2n) is 4.63. The average molecular weight is 289 g/mol. The van der Waals surface area contributed by atoms with Crippen LogP contribution in [0.15, 0.2) is 42.5 Å². The van der Waals surface area contributed by atoms with Gasteiger partial charge in [-0.1, -0.05) is 48.9 Å². The van der Waals surface area contributed by atoms with Crippen LogP contribution in [-0.2, 0) is 6.42 Å². The number of aromatic nitrogens is 1. The molecule has 3 nitrogen and oxygen atoms in total. The first-order chi connectivity index (χ1) is 9.60. The van der Waals surface area contributed by atoms with Crippen LogP contribution in [0.4, 0.5) is 0 Å². The van der Waals surface area contributed by atoms with Crippen LogP contribution in [0.1, 0.15) is 41.5 Å². The summed E-state index contributed by atoms with van der Waals surface area (Å²) in [5.74, 6) is -0.139. The monoisotopic (exact) mass is 288 g/mol. The lowest BCUT2D eigenvalue weighted by Gasteiger charge is -2.14. The zero-order valence-corrected chi connectivity index (χ0v) is 12.3. The van der Waals surface area contributed by atoms with Crippen molar-refractivity contribution in [1.82, 2.24) is 10.3 Å².